The number of amides is 1. The Balaban J connectivity index is 1.70. The average Bonchev–Trinajstić information content (AvgIpc) is 3.28. The third-order valence-electron chi connectivity index (χ3n) is 8.30. The zero-order valence-electron chi connectivity index (χ0n) is 22.9. The first kappa shape index (κ1) is 29.8. The van der Waals surface area contributed by atoms with Gasteiger partial charge in [-0.3, -0.25) is 14.6 Å². The number of hydrogen-bond donors (Lipinski definition) is 1. The summed E-state index contributed by atoms with van der Waals surface area (Å²) < 4.78 is 73.9. The number of benzene rings is 1. The highest BCUT2D eigenvalue weighted by Crippen LogP contribution is 2.44. The molecular weight excluding hydrogens is 535 g/mol. The lowest BCUT2D eigenvalue weighted by atomic mass is 9.76. The van der Waals surface area contributed by atoms with E-state index in [2.05, 4.69) is 0 Å². The smallest absolute Gasteiger partial charge is 0.449 e. The summed E-state index contributed by atoms with van der Waals surface area (Å²) in [5.74, 6) is -6.79. The Morgan fingerprint density at radius 1 is 1.18 bits per heavy atom. The fourth-order valence-corrected chi connectivity index (χ4v) is 5.89. The third kappa shape index (κ3) is 5.15. The number of rotatable bonds is 8. The molecule has 2 unspecified atom stereocenters. The number of nitrogens with zero attached hydrogens (tertiary/aromatic N) is 2. The molecule has 0 radical (unpaired) electrons. The van der Waals surface area contributed by atoms with Crippen molar-refractivity contribution in [3.63, 3.8) is 0 Å². The molecule has 2 aliphatic rings. The summed E-state index contributed by atoms with van der Waals surface area (Å²) in [6, 6.07) is 4.91. The van der Waals surface area contributed by atoms with E-state index in [1.54, 1.807) is 18.9 Å². The van der Waals surface area contributed by atoms with Crippen molar-refractivity contribution < 1.29 is 41.1 Å². The van der Waals surface area contributed by atoms with Crippen molar-refractivity contribution in [2.75, 3.05) is 6.54 Å². The Bertz CT molecular complexity index is 1330. The lowest BCUT2D eigenvalue weighted by molar-refractivity contribution is -0.176. The van der Waals surface area contributed by atoms with Gasteiger partial charge in [-0.1, -0.05) is 32.9 Å². The van der Waals surface area contributed by atoms with Crippen molar-refractivity contribution in [3.8, 4) is 0 Å². The molecule has 1 N–H and O–H groups in total. The summed E-state index contributed by atoms with van der Waals surface area (Å²) in [7, 11) is 0. The maximum absolute atomic E-state index is 14.6. The Morgan fingerprint density at radius 3 is 2.52 bits per heavy atom. The van der Waals surface area contributed by atoms with Gasteiger partial charge in [0, 0.05) is 23.6 Å². The largest absolute Gasteiger partial charge is 0.509 e. The summed E-state index contributed by atoms with van der Waals surface area (Å²) in [4.78, 5) is 27.7. The number of carbonyl (C=O) groups is 2. The van der Waals surface area contributed by atoms with Crippen molar-refractivity contribution in [1.82, 2.24) is 10.0 Å². The first-order valence-electron chi connectivity index (χ1n) is 13.4. The number of ketones is 1. The van der Waals surface area contributed by atoms with Crippen LogP contribution in [0.25, 0.3) is 0 Å². The first-order valence-corrected chi connectivity index (χ1v) is 13.4. The van der Waals surface area contributed by atoms with E-state index in [0.717, 1.165) is 6.07 Å². The minimum absolute atomic E-state index is 0.0822. The molecule has 0 spiro atoms. The molecule has 4 rings (SSSR count). The number of alkyl halides is 3. The third-order valence-corrected chi connectivity index (χ3v) is 8.30. The standard InChI is InChI=1S/C29H33F5N2O4/c1-5-28-11-6-7-12-36(28)35(15-19-9-8-10-21(30)23(19)31)27(39)22(25(28)38)24(37)18(4)16(2)13-20-14-17(3)40-26(20)29(32,33)34/h8-10,14,16,18,38H,5-7,11-13,15H2,1-4H3/t16?,18-,28?/m1/s1. The molecule has 1 aromatic carbocycles. The molecule has 1 amide bonds. The summed E-state index contributed by atoms with van der Waals surface area (Å²) in [6.45, 7) is 6.30. The SMILES string of the molecule is CCC12CCCCN1N(Cc1cccc(F)c1F)C(=O)C(C(=O)[C@H](C)C(C)Cc1cc(C)oc1C(F)(F)F)=C2O. The normalized spacial score (nSPS) is 21.9. The van der Waals surface area contributed by atoms with Gasteiger partial charge in [-0.05, 0) is 57.1 Å². The molecule has 2 aromatic rings. The zero-order chi connectivity index (χ0) is 29.6. The van der Waals surface area contributed by atoms with Gasteiger partial charge < -0.3 is 9.52 Å². The van der Waals surface area contributed by atoms with Crippen LogP contribution in [-0.2, 0) is 28.7 Å². The Kier molecular flexibility index (Phi) is 8.18. The molecule has 40 heavy (non-hydrogen) atoms. The van der Waals surface area contributed by atoms with E-state index in [1.807, 2.05) is 0 Å². The van der Waals surface area contributed by atoms with Crippen LogP contribution in [0.2, 0.25) is 0 Å². The number of carbonyl (C=O) groups excluding carboxylic acids is 2. The van der Waals surface area contributed by atoms with Crippen molar-refractivity contribution in [1.29, 1.82) is 0 Å². The minimum Gasteiger partial charge on any atom is -0.509 e. The predicted molar refractivity (Wildman–Crippen MR) is 136 cm³/mol. The van der Waals surface area contributed by atoms with E-state index in [9.17, 15) is 36.6 Å². The fourth-order valence-electron chi connectivity index (χ4n) is 5.89. The summed E-state index contributed by atoms with van der Waals surface area (Å²) in [5, 5.41) is 14.3. The summed E-state index contributed by atoms with van der Waals surface area (Å²) in [6.07, 6.45) is -2.70. The second-order valence-electron chi connectivity index (χ2n) is 10.8. The summed E-state index contributed by atoms with van der Waals surface area (Å²) in [5.41, 5.74) is -1.75. The van der Waals surface area contributed by atoms with Crippen LogP contribution in [0, 0.1) is 30.4 Å². The highest BCUT2D eigenvalue weighted by molar-refractivity contribution is 6.21. The predicted octanol–water partition coefficient (Wildman–Crippen LogP) is 6.67. The van der Waals surface area contributed by atoms with Gasteiger partial charge in [0.25, 0.3) is 5.91 Å². The van der Waals surface area contributed by atoms with Crippen LogP contribution in [0.15, 0.2) is 40.0 Å². The van der Waals surface area contributed by atoms with E-state index in [1.165, 1.54) is 37.1 Å². The number of aliphatic hydroxyl groups is 1. The highest BCUT2D eigenvalue weighted by atomic mass is 19.4. The number of hydrazine groups is 1. The molecule has 0 aliphatic carbocycles. The van der Waals surface area contributed by atoms with Gasteiger partial charge in [0.2, 0.25) is 5.76 Å². The first-order chi connectivity index (χ1) is 18.7. The van der Waals surface area contributed by atoms with E-state index in [4.69, 9.17) is 4.42 Å². The molecule has 3 heterocycles. The Labute approximate surface area is 229 Å². The van der Waals surface area contributed by atoms with Crippen molar-refractivity contribution in [2.45, 2.75) is 78.1 Å². The van der Waals surface area contributed by atoms with Gasteiger partial charge >= 0.3 is 6.18 Å². The van der Waals surface area contributed by atoms with Crippen LogP contribution >= 0.6 is 0 Å². The van der Waals surface area contributed by atoms with Gasteiger partial charge in [-0.25, -0.2) is 13.8 Å². The summed E-state index contributed by atoms with van der Waals surface area (Å²) >= 11 is 0. The Hall–Kier alpha value is -3.21. The monoisotopic (exact) mass is 568 g/mol. The van der Waals surface area contributed by atoms with E-state index >= 15 is 0 Å². The molecule has 1 aromatic heterocycles. The number of aryl methyl sites for hydroxylation is 1. The molecule has 6 nitrogen and oxygen atoms in total. The van der Waals surface area contributed by atoms with Gasteiger partial charge in [0.15, 0.2) is 17.4 Å². The number of furan rings is 1. The van der Waals surface area contributed by atoms with Crippen LogP contribution in [0.3, 0.4) is 0 Å². The van der Waals surface area contributed by atoms with Crippen molar-refractivity contribution in [2.24, 2.45) is 11.8 Å². The maximum atomic E-state index is 14.6. The topological polar surface area (TPSA) is 74.0 Å². The fraction of sp³-hybridized carbons (Fsp3) is 0.517. The van der Waals surface area contributed by atoms with Crippen LogP contribution in [0.1, 0.15) is 69.1 Å². The minimum atomic E-state index is -4.71. The van der Waals surface area contributed by atoms with Crippen LogP contribution in [0.4, 0.5) is 22.0 Å². The number of halogens is 5. The number of fused-ring (bicyclic) bond motifs is 1. The molecule has 0 bridgehead atoms. The van der Waals surface area contributed by atoms with E-state index < -0.39 is 58.2 Å². The molecule has 2 aliphatic heterocycles. The maximum Gasteiger partial charge on any atom is 0.449 e. The molecule has 218 valence electrons. The molecule has 3 atom stereocenters. The van der Waals surface area contributed by atoms with Crippen LogP contribution < -0.4 is 0 Å². The molecule has 1 saturated heterocycles. The lowest BCUT2D eigenvalue weighted by Crippen LogP contribution is -2.65. The number of piperidine rings is 1. The second kappa shape index (κ2) is 11.0. The molecule has 1 fully saturated rings. The van der Waals surface area contributed by atoms with Gasteiger partial charge in [-0.15, -0.1) is 0 Å². The second-order valence-corrected chi connectivity index (χ2v) is 10.8. The van der Waals surface area contributed by atoms with E-state index in [-0.39, 0.29) is 35.6 Å². The van der Waals surface area contributed by atoms with E-state index in [0.29, 0.717) is 32.2 Å². The Morgan fingerprint density at radius 2 is 1.88 bits per heavy atom. The molecule has 0 saturated carbocycles. The van der Waals surface area contributed by atoms with Crippen LogP contribution in [-0.4, -0.2) is 38.9 Å². The van der Waals surface area contributed by atoms with Crippen LogP contribution in [0.5, 0.6) is 0 Å². The quantitative estimate of drug-likeness (QED) is 0.284. The molecular formula is C29H33F5N2O4. The van der Waals surface area contributed by atoms with Gasteiger partial charge in [-0.2, -0.15) is 13.2 Å². The zero-order valence-corrected chi connectivity index (χ0v) is 22.9. The van der Waals surface area contributed by atoms with Crippen molar-refractivity contribution in [3.05, 3.63) is 69.9 Å². The van der Waals surface area contributed by atoms with Gasteiger partial charge in [0.05, 0.1) is 12.1 Å². The average molecular weight is 569 g/mol. The number of aliphatic hydroxyl groups excluding tert-OH is 1. The lowest BCUT2D eigenvalue weighted by Gasteiger charge is -2.54. The number of Topliss-reactive ketones (excluding diaryl/α,β-unsaturated/α-hetero) is 1. The molecule has 11 heteroatoms. The number of hydrogen-bond acceptors (Lipinski definition) is 5. The van der Waals surface area contributed by atoms with Crippen molar-refractivity contribution >= 4 is 11.7 Å². The van der Waals surface area contributed by atoms with Gasteiger partial charge in [0.1, 0.15) is 17.1 Å². The highest BCUT2D eigenvalue weighted by Gasteiger charge is 2.53.